The van der Waals surface area contributed by atoms with Crippen LogP contribution in [0, 0.1) is 31.6 Å². The Labute approximate surface area is 275 Å². The topological polar surface area (TPSA) is 115 Å². The summed E-state index contributed by atoms with van der Waals surface area (Å²) in [4.78, 5) is 40.9. The van der Waals surface area contributed by atoms with E-state index in [0.717, 1.165) is 74.4 Å². The minimum Gasteiger partial charge on any atom is -0.465 e. The van der Waals surface area contributed by atoms with Gasteiger partial charge in [-0.05, 0) is 110 Å². The molecule has 2 saturated carbocycles. The first-order valence-electron chi connectivity index (χ1n) is 17.7. The van der Waals surface area contributed by atoms with E-state index in [2.05, 4.69) is 29.7 Å². The number of esters is 2. The summed E-state index contributed by atoms with van der Waals surface area (Å²) >= 11 is 0. The lowest BCUT2D eigenvalue weighted by atomic mass is 9.78. The number of aryl methyl sites for hydroxylation is 2. The van der Waals surface area contributed by atoms with E-state index in [0.29, 0.717) is 43.2 Å². The fourth-order valence-corrected chi connectivity index (χ4v) is 7.36. The van der Waals surface area contributed by atoms with Crippen molar-refractivity contribution in [3.8, 4) is 0 Å². The van der Waals surface area contributed by atoms with E-state index in [4.69, 9.17) is 24.4 Å². The van der Waals surface area contributed by atoms with Gasteiger partial charge in [0.1, 0.15) is 23.1 Å². The fraction of sp³-hybridized carbons (Fsp3) is 0.703. The van der Waals surface area contributed by atoms with Crippen LogP contribution in [0.3, 0.4) is 0 Å². The molecule has 2 aromatic rings. The summed E-state index contributed by atoms with van der Waals surface area (Å²) in [6.07, 6.45) is 11.5. The molecule has 2 N–H and O–H groups in total. The number of hydrogen-bond acceptors (Lipinski definition) is 9. The van der Waals surface area contributed by atoms with Crippen molar-refractivity contribution in [2.45, 2.75) is 130 Å². The van der Waals surface area contributed by atoms with E-state index in [1.165, 1.54) is 30.5 Å². The Hall–Kier alpha value is -3.23. The highest BCUT2D eigenvalue weighted by Gasteiger charge is 2.32. The van der Waals surface area contributed by atoms with Crippen LogP contribution in [0.1, 0.15) is 132 Å². The Bertz CT molecular complexity index is 1360. The van der Waals surface area contributed by atoms with Gasteiger partial charge in [0.25, 0.3) is 0 Å². The van der Waals surface area contributed by atoms with E-state index >= 15 is 0 Å². The standard InChI is InChI=1S/C37H55N5O4/c1-23(35(43)45-22-26-10-7-8-11-26)20-30(36(44)46-37(4,5)6)21-39-33-24(2)32(40-25(3)41-33)28-15-13-27(14-16-28)31-18-17-29-12-9-19-38-34(29)42-31/h17-18,23,26-28,30H,7-16,19-22H2,1-6H3,(H,38,42)(H,39,40,41). The molecule has 252 valence electrons. The number of anilines is 2. The van der Waals surface area contributed by atoms with E-state index in [-0.39, 0.29) is 11.9 Å². The summed E-state index contributed by atoms with van der Waals surface area (Å²) in [7, 11) is 0. The molecular formula is C37H55N5O4. The van der Waals surface area contributed by atoms with Crippen LogP contribution in [0.2, 0.25) is 0 Å². The lowest BCUT2D eigenvalue weighted by Gasteiger charge is -2.30. The minimum absolute atomic E-state index is 0.241. The van der Waals surface area contributed by atoms with Gasteiger partial charge in [-0.3, -0.25) is 9.59 Å². The van der Waals surface area contributed by atoms with Crippen molar-refractivity contribution in [2.24, 2.45) is 17.8 Å². The van der Waals surface area contributed by atoms with E-state index in [1.807, 2.05) is 34.6 Å². The van der Waals surface area contributed by atoms with E-state index < -0.39 is 17.4 Å². The Morgan fingerprint density at radius 3 is 2.39 bits per heavy atom. The maximum Gasteiger partial charge on any atom is 0.311 e. The quantitative estimate of drug-likeness (QED) is 0.244. The fourth-order valence-electron chi connectivity index (χ4n) is 7.36. The van der Waals surface area contributed by atoms with E-state index in [9.17, 15) is 9.59 Å². The molecule has 0 saturated heterocycles. The summed E-state index contributed by atoms with van der Waals surface area (Å²) < 4.78 is 11.5. The zero-order valence-electron chi connectivity index (χ0n) is 28.9. The van der Waals surface area contributed by atoms with Crippen molar-refractivity contribution in [3.63, 3.8) is 0 Å². The molecular weight excluding hydrogens is 578 g/mol. The van der Waals surface area contributed by atoms with Crippen LogP contribution in [-0.4, -0.2) is 52.2 Å². The van der Waals surface area contributed by atoms with Crippen molar-refractivity contribution in [1.29, 1.82) is 0 Å². The van der Waals surface area contributed by atoms with Crippen molar-refractivity contribution in [2.75, 3.05) is 30.3 Å². The molecule has 46 heavy (non-hydrogen) atoms. The predicted molar refractivity (Wildman–Crippen MR) is 181 cm³/mol. The number of nitrogens with one attached hydrogen (secondary N) is 2. The number of carbonyl (C=O) groups is 2. The minimum atomic E-state index is -0.625. The molecule has 1 aliphatic heterocycles. The third kappa shape index (κ3) is 8.97. The van der Waals surface area contributed by atoms with Crippen molar-refractivity contribution < 1.29 is 19.1 Å². The summed E-state index contributed by atoms with van der Waals surface area (Å²) in [5.74, 6) is 2.31. The molecule has 0 aromatic carbocycles. The molecule has 3 heterocycles. The lowest BCUT2D eigenvalue weighted by Crippen LogP contribution is -2.34. The van der Waals surface area contributed by atoms with Gasteiger partial charge < -0.3 is 20.1 Å². The summed E-state index contributed by atoms with van der Waals surface area (Å²) in [6, 6.07) is 4.49. The molecule has 0 spiro atoms. The Kier molecular flexibility index (Phi) is 11.2. The Morgan fingerprint density at radius 2 is 1.67 bits per heavy atom. The number of aromatic nitrogens is 3. The van der Waals surface area contributed by atoms with Crippen LogP contribution in [0.4, 0.5) is 11.6 Å². The third-order valence-corrected chi connectivity index (χ3v) is 9.98. The molecule has 2 aromatic heterocycles. The molecule has 0 radical (unpaired) electrons. The maximum atomic E-state index is 13.3. The second kappa shape index (κ2) is 15.1. The van der Waals surface area contributed by atoms with Gasteiger partial charge in [-0.15, -0.1) is 0 Å². The zero-order chi connectivity index (χ0) is 32.8. The number of fused-ring (bicyclic) bond motifs is 1. The Morgan fingerprint density at radius 1 is 0.957 bits per heavy atom. The van der Waals surface area contributed by atoms with E-state index in [1.54, 1.807) is 0 Å². The molecule has 5 rings (SSSR count). The first-order chi connectivity index (χ1) is 22.0. The highest BCUT2D eigenvalue weighted by atomic mass is 16.6. The van der Waals surface area contributed by atoms with Gasteiger partial charge in [0.2, 0.25) is 0 Å². The molecule has 9 nitrogen and oxygen atoms in total. The normalized spacial score (nSPS) is 21.5. The SMILES string of the molecule is Cc1nc(NCC(CC(C)C(=O)OCC2CCCC2)C(=O)OC(C)(C)C)c(C)c(C2CCC(c3ccc4c(n3)NCCC4)CC2)n1. The maximum absolute atomic E-state index is 13.3. The number of carbonyl (C=O) groups excluding carboxylic acids is 2. The highest BCUT2D eigenvalue weighted by molar-refractivity contribution is 5.76. The lowest BCUT2D eigenvalue weighted by molar-refractivity contribution is -0.161. The molecule has 2 fully saturated rings. The number of ether oxygens (including phenoxy) is 2. The van der Waals surface area contributed by atoms with Crippen molar-refractivity contribution >= 4 is 23.6 Å². The van der Waals surface area contributed by atoms with Gasteiger partial charge in [-0.1, -0.05) is 25.8 Å². The van der Waals surface area contributed by atoms with Gasteiger partial charge >= 0.3 is 11.9 Å². The second-order valence-corrected chi connectivity index (χ2v) is 15.0. The largest absolute Gasteiger partial charge is 0.465 e. The molecule has 0 bridgehead atoms. The van der Waals surface area contributed by atoms with Crippen LogP contribution in [0.5, 0.6) is 0 Å². The molecule has 0 amide bonds. The van der Waals surface area contributed by atoms with Gasteiger partial charge in [0.05, 0.1) is 24.1 Å². The molecule has 3 aliphatic rings. The number of pyridine rings is 1. The van der Waals surface area contributed by atoms with Gasteiger partial charge in [-0.2, -0.15) is 0 Å². The monoisotopic (exact) mass is 633 g/mol. The van der Waals surface area contributed by atoms with Crippen molar-refractivity contribution in [1.82, 2.24) is 15.0 Å². The van der Waals surface area contributed by atoms with Crippen LogP contribution in [0.15, 0.2) is 12.1 Å². The second-order valence-electron chi connectivity index (χ2n) is 15.0. The van der Waals surface area contributed by atoms with Crippen molar-refractivity contribution in [3.05, 3.63) is 40.5 Å². The molecule has 2 atom stereocenters. The average Bonchev–Trinajstić information content (AvgIpc) is 3.56. The van der Waals surface area contributed by atoms with Gasteiger partial charge in [0, 0.05) is 36.2 Å². The molecule has 9 heteroatoms. The zero-order valence-corrected chi connectivity index (χ0v) is 28.9. The number of hydrogen-bond donors (Lipinski definition) is 2. The predicted octanol–water partition coefficient (Wildman–Crippen LogP) is 7.42. The molecule has 2 aliphatic carbocycles. The van der Waals surface area contributed by atoms with Crippen LogP contribution in [0.25, 0.3) is 0 Å². The van der Waals surface area contributed by atoms with Crippen LogP contribution in [-0.2, 0) is 25.5 Å². The van der Waals surface area contributed by atoms with Crippen LogP contribution < -0.4 is 10.6 Å². The Balaban J connectivity index is 1.22. The summed E-state index contributed by atoms with van der Waals surface area (Å²) in [5.41, 5.74) is 4.02. The number of nitrogens with zero attached hydrogens (tertiary/aromatic N) is 3. The average molecular weight is 634 g/mol. The van der Waals surface area contributed by atoms with Gasteiger partial charge in [-0.25, -0.2) is 15.0 Å². The third-order valence-electron chi connectivity index (χ3n) is 9.98. The summed E-state index contributed by atoms with van der Waals surface area (Å²) in [5, 5.41) is 6.94. The highest BCUT2D eigenvalue weighted by Crippen LogP contribution is 2.41. The molecule has 2 unspecified atom stereocenters. The smallest absolute Gasteiger partial charge is 0.311 e. The number of rotatable bonds is 11. The van der Waals surface area contributed by atoms with Crippen LogP contribution >= 0.6 is 0 Å². The summed E-state index contributed by atoms with van der Waals surface area (Å²) in [6.45, 7) is 13.2. The van der Waals surface area contributed by atoms with Gasteiger partial charge in [0.15, 0.2) is 0 Å². The first-order valence-corrected chi connectivity index (χ1v) is 17.7. The first kappa shape index (κ1) is 34.1.